The van der Waals surface area contributed by atoms with Crippen molar-refractivity contribution in [1.29, 1.82) is 0 Å². The molecule has 128 valence electrons. The van der Waals surface area contributed by atoms with Gasteiger partial charge in [-0.15, -0.1) is 0 Å². The molecule has 3 heteroatoms. The van der Waals surface area contributed by atoms with E-state index in [0.29, 0.717) is 29.8 Å². The summed E-state index contributed by atoms with van der Waals surface area (Å²) in [6.07, 6.45) is 10.4. The first-order valence-electron chi connectivity index (χ1n) is 9.72. The maximum Gasteiger partial charge on any atom is 0.312 e. The van der Waals surface area contributed by atoms with Gasteiger partial charge in [0.25, 0.3) is 0 Å². The Morgan fingerprint density at radius 1 is 1.09 bits per heavy atom. The van der Waals surface area contributed by atoms with Crippen LogP contribution in [-0.2, 0) is 9.53 Å². The van der Waals surface area contributed by atoms with E-state index in [4.69, 9.17) is 4.74 Å². The normalized spacial score (nSPS) is 60.7. The number of hydrogen-bond donors (Lipinski definition) is 1. The van der Waals surface area contributed by atoms with Crippen molar-refractivity contribution in [1.82, 2.24) is 0 Å². The number of aliphatic hydroxyl groups is 1. The van der Waals surface area contributed by atoms with Crippen molar-refractivity contribution in [3.8, 4) is 0 Å². The Labute approximate surface area is 139 Å². The Morgan fingerprint density at radius 3 is 2.74 bits per heavy atom. The average Bonchev–Trinajstić information content (AvgIpc) is 2.68. The number of cyclic esters (lactones) is 1. The van der Waals surface area contributed by atoms with E-state index < -0.39 is 5.60 Å². The summed E-state index contributed by atoms with van der Waals surface area (Å²) in [6, 6.07) is 0. The van der Waals surface area contributed by atoms with Crippen LogP contribution in [0.2, 0.25) is 0 Å². The Balaban J connectivity index is 1.60. The highest BCUT2D eigenvalue weighted by atomic mass is 16.5. The van der Waals surface area contributed by atoms with E-state index in [-0.39, 0.29) is 16.8 Å². The number of rotatable bonds is 0. The van der Waals surface area contributed by atoms with E-state index in [1.807, 2.05) is 0 Å². The molecule has 1 saturated heterocycles. The van der Waals surface area contributed by atoms with E-state index in [2.05, 4.69) is 13.8 Å². The van der Waals surface area contributed by atoms with Gasteiger partial charge in [0, 0.05) is 5.41 Å². The Morgan fingerprint density at radius 2 is 1.91 bits per heavy atom. The third-order valence-electron chi connectivity index (χ3n) is 9.15. The lowest BCUT2D eigenvalue weighted by molar-refractivity contribution is -0.233. The van der Waals surface area contributed by atoms with Crippen LogP contribution in [0.25, 0.3) is 0 Å². The lowest BCUT2D eigenvalue weighted by Crippen LogP contribution is -2.64. The quantitative estimate of drug-likeness (QED) is 0.693. The molecule has 5 aliphatic rings. The summed E-state index contributed by atoms with van der Waals surface area (Å²) < 4.78 is 5.81. The molecule has 1 N–H and O–H groups in total. The van der Waals surface area contributed by atoms with Gasteiger partial charge >= 0.3 is 5.97 Å². The fourth-order valence-electron chi connectivity index (χ4n) is 8.36. The molecular weight excluding hydrogens is 288 g/mol. The minimum absolute atomic E-state index is 0.0703. The number of fused-ring (bicyclic) bond motifs is 1. The second-order valence-electron chi connectivity index (χ2n) is 10.1. The standard InChI is InChI=1S/C20H30O3/c1-17-7-3-8-20(12-23-16(17)21)14(17)6-9-19-10-13(4-5-15(19)20)18(2,22)11-19/h13-15,22H,3-12H2,1-2H3/t13?,14?,15?,17-,18+,19-,20-/m0/s1. The van der Waals surface area contributed by atoms with Gasteiger partial charge in [-0.3, -0.25) is 4.79 Å². The first kappa shape index (κ1) is 14.7. The highest BCUT2D eigenvalue weighted by Crippen LogP contribution is 2.74. The Kier molecular flexibility index (Phi) is 2.66. The summed E-state index contributed by atoms with van der Waals surface area (Å²) in [5.41, 5.74) is -0.174. The molecule has 23 heavy (non-hydrogen) atoms. The second-order valence-corrected chi connectivity index (χ2v) is 10.1. The first-order valence-corrected chi connectivity index (χ1v) is 9.72. The molecule has 0 aromatic heterocycles. The van der Waals surface area contributed by atoms with E-state index >= 15 is 0 Å². The fourth-order valence-corrected chi connectivity index (χ4v) is 8.36. The van der Waals surface area contributed by atoms with Gasteiger partial charge in [0.15, 0.2) is 0 Å². The zero-order chi connectivity index (χ0) is 16.1. The van der Waals surface area contributed by atoms with Gasteiger partial charge in [-0.25, -0.2) is 0 Å². The Bertz CT molecular complexity index is 569. The zero-order valence-corrected chi connectivity index (χ0v) is 14.6. The van der Waals surface area contributed by atoms with Crippen LogP contribution >= 0.6 is 0 Å². The monoisotopic (exact) mass is 318 g/mol. The van der Waals surface area contributed by atoms with Crippen molar-refractivity contribution in [2.24, 2.45) is 34.0 Å². The molecule has 4 saturated carbocycles. The third-order valence-corrected chi connectivity index (χ3v) is 9.15. The van der Waals surface area contributed by atoms with Crippen LogP contribution in [0.15, 0.2) is 0 Å². The van der Waals surface area contributed by atoms with Crippen molar-refractivity contribution in [2.75, 3.05) is 6.61 Å². The molecule has 1 heterocycles. The second kappa shape index (κ2) is 4.15. The molecule has 0 radical (unpaired) electrons. The van der Waals surface area contributed by atoms with Crippen molar-refractivity contribution in [3.63, 3.8) is 0 Å². The molecule has 3 unspecified atom stereocenters. The smallest absolute Gasteiger partial charge is 0.312 e. The van der Waals surface area contributed by atoms with E-state index in [1.54, 1.807) is 0 Å². The van der Waals surface area contributed by atoms with Crippen LogP contribution in [0.4, 0.5) is 0 Å². The molecule has 1 aliphatic heterocycles. The van der Waals surface area contributed by atoms with Crippen LogP contribution in [-0.4, -0.2) is 23.3 Å². The largest absolute Gasteiger partial charge is 0.465 e. The predicted octanol–water partition coefficient (Wildman–Crippen LogP) is 3.69. The van der Waals surface area contributed by atoms with Gasteiger partial charge < -0.3 is 9.84 Å². The summed E-state index contributed by atoms with van der Waals surface area (Å²) >= 11 is 0. The van der Waals surface area contributed by atoms with Crippen molar-refractivity contribution in [3.05, 3.63) is 0 Å². The van der Waals surface area contributed by atoms with Gasteiger partial charge in [-0.05, 0) is 88.4 Å². The van der Waals surface area contributed by atoms with Gasteiger partial charge in [0.1, 0.15) is 0 Å². The number of carbonyl (C=O) groups is 1. The minimum Gasteiger partial charge on any atom is -0.465 e. The molecule has 1 spiro atoms. The molecule has 7 atom stereocenters. The summed E-state index contributed by atoms with van der Waals surface area (Å²) in [5, 5.41) is 10.9. The molecule has 3 nitrogen and oxygen atoms in total. The van der Waals surface area contributed by atoms with Crippen LogP contribution < -0.4 is 0 Å². The van der Waals surface area contributed by atoms with Gasteiger partial charge in [-0.2, -0.15) is 0 Å². The zero-order valence-electron chi connectivity index (χ0n) is 14.6. The molecule has 0 aromatic carbocycles. The van der Waals surface area contributed by atoms with Gasteiger partial charge in [0.2, 0.25) is 0 Å². The highest BCUT2D eigenvalue weighted by molar-refractivity contribution is 5.78. The summed E-state index contributed by atoms with van der Waals surface area (Å²) in [6.45, 7) is 4.91. The molecule has 4 aliphatic carbocycles. The summed E-state index contributed by atoms with van der Waals surface area (Å²) in [7, 11) is 0. The van der Waals surface area contributed by atoms with Crippen LogP contribution in [0, 0.1) is 34.0 Å². The minimum atomic E-state index is -0.471. The third kappa shape index (κ3) is 1.59. The van der Waals surface area contributed by atoms with Crippen molar-refractivity contribution < 1.29 is 14.6 Å². The van der Waals surface area contributed by atoms with Crippen LogP contribution in [0.1, 0.15) is 71.6 Å². The van der Waals surface area contributed by atoms with Crippen molar-refractivity contribution in [2.45, 2.75) is 77.2 Å². The molecule has 4 bridgehead atoms. The van der Waals surface area contributed by atoms with Gasteiger partial charge in [0.05, 0.1) is 17.6 Å². The van der Waals surface area contributed by atoms with Gasteiger partial charge in [-0.1, -0.05) is 6.42 Å². The fraction of sp³-hybridized carbons (Fsp3) is 0.950. The number of hydrogen-bond acceptors (Lipinski definition) is 3. The predicted molar refractivity (Wildman–Crippen MR) is 86.6 cm³/mol. The van der Waals surface area contributed by atoms with Crippen LogP contribution in [0.3, 0.4) is 0 Å². The lowest BCUT2D eigenvalue weighted by atomic mass is 9.40. The number of ether oxygens (including phenoxy) is 1. The van der Waals surface area contributed by atoms with Crippen molar-refractivity contribution >= 4 is 5.97 Å². The lowest BCUT2D eigenvalue weighted by Gasteiger charge is -2.66. The Hall–Kier alpha value is -0.570. The summed E-state index contributed by atoms with van der Waals surface area (Å²) in [5.74, 6) is 1.74. The SMILES string of the molecule is C[C@@]1(O)C[C@@]23CCC4[C@@]5(CCC[C@]4(C)C(=O)OC5)C2CCC1C3. The van der Waals surface area contributed by atoms with E-state index in [0.717, 1.165) is 12.8 Å². The molecule has 0 aromatic rings. The number of esters is 1. The first-order chi connectivity index (χ1) is 10.8. The van der Waals surface area contributed by atoms with E-state index in [9.17, 15) is 9.90 Å². The van der Waals surface area contributed by atoms with E-state index in [1.165, 1.54) is 44.9 Å². The molecule has 5 rings (SSSR count). The molecular formula is C20H30O3. The molecule has 0 amide bonds. The average molecular weight is 318 g/mol. The maximum atomic E-state index is 12.5. The maximum absolute atomic E-state index is 12.5. The topological polar surface area (TPSA) is 46.5 Å². The molecule has 5 fully saturated rings. The number of carbonyl (C=O) groups excluding carboxylic acids is 1. The van der Waals surface area contributed by atoms with Crippen LogP contribution in [0.5, 0.6) is 0 Å². The highest BCUT2D eigenvalue weighted by Gasteiger charge is 2.70. The summed E-state index contributed by atoms with van der Waals surface area (Å²) in [4.78, 5) is 12.5.